The Balaban J connectivity index is 0.00000176. The zero-order chi connectivity index (χ0) is 40.7. The molecule has 0 aromatic heterocycles. The molecule has 63 heavy (non-hydrogen) atoms. The van der Waals surface area contributed by atoms with E-state index in [9.17, 15) is 29.1 Å². The van der Waals surface area contributed by atoms with E-state index in [-0.39, 0.29) is 111 Å². The highest BCUT2D eigenvalue weighted by molar-refractivity contribution is 5.84. The third kappa shape index (κ3) is 8.46. The van der Waals surface area contributed by atoms with Crippen molar-refractivity contribution in [2.75, 3.05) is 7.11 Å². The molecule has 0 radical (unpaired) electrons. The minimum atomic E-state index is -1.38. The standard InChI is InChI=1S/C45H62O12.6CH4/c1-7-40(4,36(50)55-31-28-10-29-30(11-28)33(46)54-32(29)31)21-41(5,37(51)57-45-18-26-9-27(19-45)15-43(14-26,23-45)38(52)53-6)20-39(2,3)35(49)56-44-16-24-8-25(17-44)13-42(12-24,22-44)34(47)48;;;;;;/h24-32H,7-23H2,1-6H3,(H,47,48);6*1H4. The second kappa shape index (κ2) is 17.6. The second-order valence-electron chi connectivity index (χ2n) is 22.4. The first kappa shape index (κ1) is 54.2. The van der Waals surface area contributed by atoms with Crippen LogP contribution in [0.2, 0.25) is 0 Å². The first-order chi connectivity index (χ1) is 26.7. The highest BCUT2D eigenvalue weighted by Crippen LogP contribution is 2.65. The molecule has 11 rings (SSSR count). The predicted octanol–water partition coefficient (Wildman–Crippen LogP) is 10.5. The molecule has 0 amide bonds. The van der Waals surface area contributed by atoms with Crippen LogP contribution in [0, 0.1) is 68.5 Å². The van der Waals surface area contributed by atoms with Crippen LogP contribution in [0.25, 0.3) is 0 Å². The number of rotatable bonds is 13. The van der Waals surface area contributed by atoms with E-state index < -0.39 is 74.4 Å². The van der Waals surface area contributed by atoms with Crippen LogP contribution in [0.3, 0.4) is 0 Å². The first-order valence-corrected chi connectivity index (χ1v) is 21.9. The van der Waals surface area contributed by atoms with Gasteiger partial charge in [-0.3, -0.25) is 28.8 Å². The summed E-state index contributed by atoms with van der Waals surface area (Å²) in [6.45, 7) is 9.03. The molecule has 10 saturated carbocycles. The molecule has 362 valence electrons. The molecule has 1 N–H and O–H groups in total. The van der Waals surface area contributed by atoms with E-state index >= 15 is 4.79 Å². The van der Waals surface area contributed by atoms with Gasteiger partial charge in [-0.15, -0.1) is 0 Å². The Bertz CT molecular complexity index is 1760. The molecule has 11 atom stereocenters. The molecule has 11 unspecified atom stereocenters. The van der Waals surface area contributed by atoms with Gasteiger partial charge in [0.05, 0.1) is 40.1 Å². The zero-order valence-corrected chi connectivity index (χ0v) is 34.7. The van der Waals surface area contributed by atoms with Crippen LogP contribution in [0.1, 0.15) is 188 Å². The van der Waals surface area contributed by atoms with E-state index in [4.69, 9.17) is 23.7 Å². The molecule has 0 spiro atoms. The molecular formula is C51H86O12. The van der Waals surface area contributed by atoms with Gasteiger partial charge in [0.2, 0.25) is 0 Å². The van der Waals surface area contributed by atoms with Crippen molar-refractivity contribution in [2.24, 2.45) is 68.5 Å². The van der Waals surface area contributed by atoms with Crippen LogP contribution in [0.5, 0.6) is 0 Å². The Morgan fingerprint density at radius 1 is 0.667 bits per heavy atom. The predicted molar refractivity (Wildman–Crippen MR) is 241 cm³/mol. The SMILES string of the molecule is C.C.C.C.C.C.CCC(C)(CC(C)(CC(C)(C)C(=O)OC12CC3CC(C1)CC(C(=O)O)(C3)C2)C(=O)OC12CC3CC(C1)CC(C(=O)OC)(C3)C2)C(=O)OC1C2CC3C(=O)OC1C3C2. The molecular weight excluding hydrogens is 805 g/mol. The molecule has 10 aliphatic carbocycles. The molecule has 11 fully saturated rings. The molecule has 11 aliphatic rings. The fourth-order valence-corrected chi connectivity index (χ4v) is 15.7. The van der Waals surface area contributed by atoms with E-state index in [2.05, 4.69) is 0 Å². The van der Waals surface area contributed by atoms with Crippen molar-refractivity contribution >= 4 is 35.8 Å². The molecule has 0 aromatic carbocycles. The average Bonchev–Trinajstić information content (AvgIpc) is 3.75. The Hall–Kier alpha value is -3.18. The van der Waals surface area contributed by atoms with Crippen LogP contribution in [-0.2, 0) is 52.5 Å². The first-order valence-electron chi connectivity index (χ1n) is 21.9. The summed E-state index contributed by atoms with van der Waals surface area (Å²) in [5.41, 5.74) is -7.07. The Labute approximate surface area is 379 Å². The van der Waals surface area contributed by atoms with E-state index in [0.717, 1.165) is 32.1 Å². The van der Waals surface area contributed by atoms with Gasteiger partial charge in [0.1, 0.15) is 23.4 Å². The number of carbonyl (C=O) groups excluding carboxylic acids is 5. The van der Waals surface area contributed by atoms with Crippen LogP contribution >= 0.6 is 0 Å². The van der Waals surface area contributed by atoms with Crippen molar-refractivity contribution in [2.45, 2.75) is 212 Å². The number of carboxylic acid groups (broad SMARTS) is 1. The summed E-state index contributed by atoms with van der Waals surface area (Å²) >= 11 is 0. The van der Waals surface area contributed by atoms with E-state index in [1.54, 1.807) is 27.7 Å². The lowest BCUT2D eigenvalue weighted by Crippen LogP contribution is -2.61. The minimum absolute atomic E-state index is 0. The van der Waals surface area contributed by atoms with Gasteiger partial charge >= 0.3 is 35.8 Å². The van der Waals surface area contributed by atoms with Crippen molar-refractivity contribution in [3.05, 3.63) is 0 Å². The van der Waals surface area contributed by atoms with Gasteiger partial charge in [-0.05, 0) is 148 Å². The number of aliphatic carboxylic acids is 1. The summed E-state index contributed by atoms with van der Waals surface area (Å²) in [5.74, 6) is -1.90. The zero-order valence-electron chi connectivity index (χ0n) is 34.7. The van der Waals surface area contributed by atoms with Gasteiger partial charge in [-0.1, -0.05) is 51.5 Å². The van der Waals surface area contributed by atoms with Crippen molar-refractivity contribution < 1.29 is 57.6 Å². The summed E-state index contributed by atoms with van der Waals surface area (Å²) in [4.78, 5) is 82.6. The minimum Gasteiger partial charge on any atom is -0.481 e. The molecule has 12 nitrogen and oxygen atoms in total. The topological polar surface area (TPSA) is 169 Å². The number of methoxy groups -OCH3 is 1. The summed E-state index contributed by atoms with van der Waals surface area (Å²) in [7, 11) is 1.42. The van der Waals surface area contributed by atoms with Crippen LogP contribution < -0.4 is 0 Å². The van der Waals surface area contributed by atoms with Crippen molar-refractivity contribution in [3.8, 4) is 0 Å². The lowest BCUT2D eigenvalue weighted by Gasteiger charge is -2.60. The Kier molecular flexibility index (Phi) is 15.1. The monoisotopic (exact) mass is 891 g/mol. The molecule has 12 heteroatoms. The maximum Gasteiger partial charge on any atom is 0.312 e. The maximum atomic E-state index is 15.2. The average molecular weight is 891 g/mol. The molecule has 1 saturated heterocycles. The van der Waals surface area contributed by atoms with Gasteiger partial charge in [0.15, 0.2) is 0 Å². The highest BCUT2D eigenvalue weighted by Gasteiger charge is 2.67. The van der Waals surface area contributed by atoms with E-state index in [1.165, 1.54) is 7.11 Å². The molecule has 0 aromatic rings. The van der Waals surface area contributed by atoms with Gasteiger partial charge in [-0.2, -0.15) is 0 Å². The summed E-state index contributed by atoms with van der Waals surface area (Å²) in [6.07, 6.45) is 8.75. The van der Waals surface area contributed by atoms with E-state index in [1.807, 2.05) is 6.92 Å². The summed E-state index contributed by atoms with van der Waals surface area (Å²) in [6, 6.07) is 0. The fraction of sp³-hybridized carbons (Fsp3) is 0.882. The van der Waals surface area contributed by atoms with Gasteiger partial charge in [-0.25, -0.2) is 0 Å². The number of fused-ring (bicyclic) bond motifs is 1. The van der Waals surface area contributed by atoms with Crippen LogP contribution in [0.15, 0.2) is 0 Å². The van der Waals surface area contributed by atoms with Crippen LogP contribution in [0.4, 0.5) is 0 Å². The number of hydrogen-bond acceptors (Lipinski definition) is 11. The fourth-order valence-electron chi connectivity index (χ4n) is 15.7. The number of carboxylic acids is 1. The number of carbonyl (C=O) groups is 6. The smallest absolute Gasteiger partial charge is 0.312 e. The summed E-state index contributed by atoms with van der Waals surface area (Å²) < 4.78 is 30.6. The second-order valence-corrected chi connectivity index (χ2v) is 22.4. The van der Waals surface area contributed by atoms with E-state index in [0.29, 0.717) is 64.2 Å². The third-order valence-corrected chi connectivity index (χ3v) is 17.3. The third-order valence-electron chi connectivity index (χ3n) is 17.3. The quantitative estimate of drug-likeness (QED) is 0.137. The highest BCUT2D eigenvalue weighted by atomic mass is 16.6. The number of hydrogen-bond donors (Lipinski definition) is 1. The largest absolute Gasteiger partial charge is 0.481 e. The van der Waals surface area contributed by atoms with Gasteiger partial charge < -0.3 is 28.8 Å². The van der Waals surface area contributed by atoms with Gasteiger partial charge in [0.25, 0.3) is 0 Å². The molecule has 1 aliphatic heterocycles. The number of ether oxygens (including phenoxy) is 5. The van der Waals surface area contributed by atoms with Crippen LogP contribution in [-0.4, -0.2) is 71.4 Å². The molecule has 1 heterocycles. The van der Waals surface area contributed by atoms with Crippen molar-refractivity contribution in [1.29, 1.82) is 0 Å². The Morgan fingerprint density at radius 2 is 1.16 bits per heavy atom. The van der Waals surface area contributed by atoms with Crippen molar-refractivity contribution in [1.82, 2.24) is 0 Å². The van der Waals surface area contributed by atoms with Gasteiger partial charge in [0, 0.05) is 24.7 Å². The lowest BCUT2D eigenvalue weighted by atomic mass is 9.47. The maximum absolute atomic E-state index is 15.2. The number of esters is 5. The summed E-state index contributed by atoms with van der Waals surface area (Å²) in [5, 5.41) is 10.3. The van der Waals surface area contributed by atoms with Crippen molar-refractivity contribution in [3.63, 3.8) is 0 Å². The molecule has 10 bridgehead atoms. The normalized spacial score (nSPS) is 40.6. The Morgan fingerprint density at radius 3 is 1.65 bits per heavy atom. The lowest BCUT2D eigenvalue weighted by molar-refractivity contribution is -0.222.